The third kappa shape index (κ3) is 5.06. The van der Waals surface area contributed by atoms with Crippen LogP contribution in [0.5, 0.6) is 5.75 Å². The molecule has 0 spiro atoms. The van der Waals surface area contributed by atoms with Crippen molar-refractivity contribution in [2.75, 3.05) is 6.61 Å². The molecule has 170 valence electrons. The molecule has 1 aromatic carbocycles. The Morgan fingerprint density at radius 2 is 1.85 bits per heavy atom. The Morgan fingerprint density at radius 1 is 1.06 bits per heavy atom. The number of carbonyl (C=O) groups is 3. The van der Waals surface area contributed by atoms with E-state index >= 15 is 0 Å². The topological polar surface area (TPSA) is 93.8 Å². The van der Waals surface area contributed by atoms with Gasteiger partial charge in [0.25, 0.3) is 11.8 Å². The molecule has 1 aliphatic heterocycles. The number of nitrogens with zero attached hydrogens (tertiary/aromatic N) is 2. The van der Waals surface area contributed by atoms with Crippen LogP contribution in [0.3, 0.4) is 0 Å². The Kier molecular flexibility index (Phi) is 6.44. The van der Waals surface area contributed by atoms with E-state index in [-0.39, 0.29) is 12.1 Å². The second kappa shape index (κ2) is 9.60. The Hall–Kier alpha value is -4.07. The normalized spacial score (nSPS) is 15.4. The summed E-state index contributed by atoms with van der Waals surface area (Å²) in [6, 6.07) is 14.2. The predicted octanol–water partition coefficient (Wildman–Crippen LogP) is 3.95. The van der Waals surface area contributed by atoms with Gasteiger partial charge in [0, 0.05) is 11.9 Å². The zero-order valence-electron chi connectivity index (χ0n) is 18.5. The third-order valence-corrected chi connectivity index (χ3v) is 5.38. The van der Waals surface area contributed by atoms with Crippen LogP contribution in [0.1, 0.15) is 36.8 Å². The van der Waals surface area contributed by atoms with Crippen molar-refractivity contribution < 1.29 is 23.5 Å². The zero-order chi connectivity index (χ0) is 23.4. The predicted molar refractivity (Wildman–Crippen MR) is 121 cm³/mol. The second-order valence-electron chi connectivity index (χ2n) is 7.99. The standard InChI is InChI=1S/C25H25N3O5/c1-17(2)18-7-9-20(10-8-18)33-14-12-27-11-3-5-19(27)15-22-23(29)26-25(31)28(24(22)30)16-21-6-4-13-32-21/h3-11,13,15,17H,12,14,16H2,1-2H3,(H,26,29,31)/b22-15+. The first kappa shape index (κ1) is 22.1. The highest BCUT2D eigenvalue weighted by molar-refractivity contribution is 6.30. The van der Waals surface area contributed by atoms with Gasteiger partial charge in [-0.2, -0.15) is 0 Å². The lowest BCUT2D eigenvalue weighted by Gasteiger charge is -2.25. The first-order chi connectivity index (χ1) is 15.9. The van der Waals surface area contributed by atoms with Crippen molar-refractivity contribution in [3.63, 3.8) is 0 Å². The van der Waals surface area contributed by atoms with Gasteiger partial charge in [0.2, 0.25) is 0 Å². The number of imide groups is 2. The van der Waals surface area contributed by atoms with Gasteiger partial charge in [-0.25, -0.2) is 4.79 Å². The van der Waals surface area contributed by atoms with Gasteiger partial charge in [-0.05, 0) is 54.0 Å². The summed E-state index contributed by atoms with van der Waals surface area (Å²) in [6.45, 7) is 5.15. The molecule has 1 saturated heterocycles. The molecular formula is C25H25N3O5. The summed E-state index contributed by atoms with van der Waals surface area (Å²) < 4.78 is 12.9. The monoisotopic (exact) mass is 447 g/mol. The molecule has 1 fully saturated rings. The van der Waals surface area contributed by atoms with E-state index in [9.17, 15) is 14.4 Å². The van der Waals surface area contributed by atoms with Gasteiger partial charge in [-0.3, -0.25) is 19.8 Å². The number of ether oxygens (including phenoxy) is 1. The number of nitrogens with one attached hydrogen (secondary N) is 1. The fraction of sp³-hybridized carbons (Fsp3) is 0.240. The lowest BCUT2D eigenvalue weighted by Crippen LogP contribution is -2.53. The van der Waals surface area contributed by atoms with Crippen LogP contribution in [-0.4, -0.2) is 33.9 Å². The molecule has 0 bridgehead atoms. The van der Waals surface area contributed by atoms with E-state index in [0.29, 0.717) is 30.5 Å². The van der Waals surface area contributed by atoms with Crippen LogP contribution >= 0.6 is 0 Å². The van der Waals surface area contributed by atoms with Gasteiger partial charge >= 0.3 is 6.03 Å². The minimum atomic E-state index is -0.772. The number of carbonyl (C=O) groups excluding carboxylic acids is 3. The maximum absolute atomic E-state index is 12.9. The lowest BCUT2D eigenvalue weighted by molar-refractivity contribution is -0.130. The molecule has 1 N–H and O–H groups in total. The highest BCUT2D eigenvalue weighted by Crippen LogP contribution is 2.20. The van der Waals surface area contributed by atoms with Crippen molar-refractivity contribution in [2.24, 2.45) is 0 Å². The maximum atomic E-state index is 12.9. The van der Waals surface area contributed by atoms with Crippen molar-refractivity contribution >= 4 is 23.9 Å². The van der Waals surface area contributed by atoms with Crippen LogP contribution in [0.4, 0.5) is 4.79 Å². The molecule has 3 heterocycles. The van der Waals surface area contributed by atoms with E-state index in [2.05, 4.69) is 31.3 Å². The molecule has 4 rings (SSSR count). The van der Waals surface area contributed by atoms with Gasteiger partial charge in [0.05, 0.1) is 19.4 Å². The van der Waals surface area contributed by atoms with E-state index in [0.717, 1.165) is 10.6 Å². The number of rotatable bonds is 8. The maximum Gasteiger partial charge on any atom is 0.331 e. The fourth-order valence-electron chi connectivity index (χ4n) is 3.52. The highest BCUT2D eigenvalue weighted by Gasteiger charge is 2.36. The Labute approximate surface area is 191 Å². The molecule has 0 unspecified atom stereocenters. The van der Waals surface area contributed by atoms with E-state index < -0.39 is 17.8 Å². The van der Waals surface area contributed by atoms with Crippen molar-refractivity contribution in [1.29, 1.82) is 0 Å². The third-order valence-electron chi connectivity index (χ3n) is 5.38. The van der Waals surface area contributed by atoms with Crippen LogP contribution < -0.4 is 10.1 Å². The van der Waals surface area contributed by atoms with Gasteiger partial charge in [-0.15, -0.1) is 0 Å². The van der Waals surface area contributed by atoms with Crippen LogP contribution in [0.15, 0.2) is 71.0 Å². The fourth-order valence-corrected chi connectivity index (χ4v) is 3.52. The summed E-state index contributed by atoms with van der Waals surface area (Å²) in [5, 5.41) is 2.21. The van der Waals surface area contributed by atoms with Gasteiger partial charge in [0.1, 0.15) is 23.7 Å². The molecule has 0 atom stereocenters. The van der Waals surface area contributed by atoms with E-state index in [1.54, 1.807) is 18.2 Å². The molecule has 0 aliphatic carbocycles. The summed E-state index contributed by atoms with van der Waals surface area (Å²) >= 11 is 0. The number of urea groups is 1. The molecule has 8 heteroatoms. The number of hydrogen-bond donors (Lipinski definition) is 1. The average Bonchev–Trinajstić information content (AvgIpc) is 3.46. The smallest absolute Gasteiger partial charge is 0.331 e. The zero-order valence-corrected chi connectivity index (χ0v) is 18.5. The highest BCUT2D eigenvalue weighted by atomic mass is 16.5. The molecule has 8 nitrogen and oxygen atoms in total. The van der Waals surface area contributed by atoms with E-state index in [4.69, 9.17) is 9.15 Å². The summed E-state index contributed by atoms with van der Waals surface area (Å²) in [4.78, 5) is 38.4. The van der Waals surface area contributed by atoms with Gasteiger partial charge in [-0.1, -0.05) is 26.0 Å². The van der Waals surface area contributed by atoms with Crippen molar-refractivity contribution in [1.82, 2.24) is 14.8 Å². The molecule has 4 amide bonds. The van der Waals surface area contributed by atoms with E-state index in [1.165, 1.54) is 17.9 Å². The van der Waals surface area contributed by atoms with Crippen molar-refractivity contribution in [3.8, 4) is 5.75 Å². The summed E-state index contributed by atoms with van der Waals surface area (Å²) in [7, 11) is 0. The van der Waals surface area contributed by atoms with Gasteiger partial charge in [0.15, 0.2) is 0 Å². The van der Waals surface area contributed by atoms with Crippen LogP contribution in [0, 0.1) is 0 Å². The number of hydrogen-bond acceptors (Lipinski definition) is 5. The summed E-state index contributed by atoms with van der Waals surface area (Å²) in [5.74, 6) is 0.276. The number of amides is 4. The molecule has 3 aromatic rings. The first-order valence-corrected chi connectivity index (χ1v) is 10.7. The summed E-state index contributed by atoms with van der Waals surface area (Å²) in [6.07, 6.45) is 4.78. The van der Waals surface area contributed by atoms with Crippen LogP contribution in [0.25, 0.3) is 6.08 Å². The lowest BCUT2D eigenvalue weighted by atomic mass is 10.0. The molecule has 1 aliphatic rings. The number of aromatic nitrogens is 1. The minimum Gasteiger partial charge on any atom is -0.492 e. The van der Waals surface area contributed by atoms with Gasteiger partial charge < -0.3 is 13.7 Å². The minimum absolute atomic E-state index is 0.0628. The van der Waals surface area contributed by atoms with Crippen molar-refractivity contribution in [3.05, 3.63) is 83.6 Å². The van der Waals surface area contributed by atoms with Crippen LogP contribution in [-0.2, 0) is 22.7 Å². The average molecular weight is 447 g/mol. The Bertz CT molecular complexity index is 1170. The largest absolute Gasteiger partial charge is 0.492 e. The SMILES string of the molecule is CC(C)c1ccc(OCCn2cccc2/C=C2\C(=O)NC(=O)N(Cc3ccco3)C2=O)cc1. The molecule has 2 aromatic heterocycles. The summed E-state index contributed by atoms with van der Waals surface area (Å²) in [5.41, 5.74) is 1.78. The first-order valence-electron chi connectivity index (χ1n) is 10.7. The quantitative estimate of drug-likeness (QED) is 0.417. The van der Waals surface area contributed by atoms with Crippen LogP contribution in [0.2, 0.25) is 0 Å². The second-order valence-corrected chi connectivity index (χ2v) is 7.99. The molecule has 0 radical (unpaired) electrons. The molecule has 0 saturated carbocycles. The molecular weight excluding hydrogens is 422 g/mol. The van der Waals surface area contributed by atoms with E-state index in [1.807, 2.05) is 29.0 Å². The number of barbiturate groups is 1. The Balaban J connectivity index is 1.44. The Morgan fingerprint density at radius 3 is 2.55 bits per heavy atom. The molecule has 33 heavy (non-hydrogen) atoms. The van der Waals surface area contributed by atoms with Crippen molar-refractivity contribution in [2.45, 2.75) is 32.9 Å². The number of benzene rings is 1. The number of furan rings is 1.